The second kappa shape index (κ2) is 4.99. The fourth-order valence-electron chi connectivity index (χ4n) is 1.65. The third kappa shape index (κ3) is 2.25. The quantitative estimate of drug-likeness (QED) is 0.794. The molecule has 1 aromatic rings. The highest BCUT2D eigenvalue weighted by Crippen LogP contribution is 2.21. The Morgan fingerprint density at radius 1 is 1.21 bits per heavy atom. The van der Waals surface area contributed by atoms with E-state index >= 15 is 0 Å². The minimum absolute atomic E-state index is 0.893. The van der Waals surface area contributed by atoms with Gasteiger partial charge >= 0.3 is 0 Å². The summed E-state index contributed by atoms with van der Waals surface area (Å²) < 4.78 is 0. The minimum Gasteiger partial charge on any atom is -0.397 e. The average molecular weight is 191 g/mol. The summed E-state index contributed by atoms with van der Waals surface area (Å²) in [6, 6.07) is 0. The summed E-state index contributed by atoms with van der Waals surface area (Å²) in [5, 5.41) is 0. The molecule has 1 rings (SSSR count). The number of aromatic nitrogens is 1. The molecular formula is C12H19N2. The Labute approximate surface area is 86.5 Å². The van der Waals surface area contributed by atoms with Crippen molar-refractivity contribution in [2.24, 2.45) is 0 Å². The van der Waals surface area contributed by atoms with Crippen molar-refractivity contribution < 1.29 is 0 Å². The summed E-state index contributed by atoms with van der Waals surface area (Å²) >= 11 is 0. The number of nitrogens with two attached hydrogens (primary N) is 1. The zero-order valence-corrected chi connectivity index (χ0v) is 9.35. The number of nitrogens with zero attached hydrogens (tertiary/aromatic N) is 1. The number of hydrogen-bond donors (Lipinski definition) is 1. The van der Waals surface area contributed by atoms with Crippen LogP contribution in [0.4, 0.5) is 5.69 Å². The predicted molar refractivity (Wildman–Crippen MR) is 60.2 cm³/mol. The molecule has 77 valence electrons. The van der Waals surface area contributed by atoms with Crippen molar-refractivity contribution in [3.05, 3.63) is 23.0 Å². The van der Waals surface area contributed by atoms with Crippen molar-refractivity contribution >= 4 is 5.69 Å². The van der Waals surface area contributed by atoms with Crippen LogP contribution >= 0.6 is 0 Å². The standard InChI is InChI=1S/C12H19N2/c1-4-6-10-9(3)8-14-11(7-5-2)12(10)13/h4-7,13H2,1-3H3. The molecule has 1 radical (unpaired) electrons. The predicted octanol–water partition coefficient (Wildman–Crippen LogP) is 2.68. The molecule has 2 nitrogen and oxygen atoms in total. The second-order valence-corrected chi connectivity index (χ2v) is 3.69. The third-order valence-corrected chi connectivity index (χ3v) is 2.43. The van der Waals surface area contributed by atoms with Gasteiger partial charge in [-0.1, -0.05) is 26.7 Å². The van der Waals surface area contributed by atoms with Crippen molar-refractivity contribution in [1.82, 2.24) is 4.98 Å². The Morgan fingerprint density at radius 3 is 2.43 bits per heavy atom. The molecule has 0 unspecified atom stereocenters. The van der Waals surface area contributed by atoms with E-state index in [0.29, 0.717) is 0 Å². The SMILES string of the molecule is CCCc1n[c]c(C)c(CCC)c1N. The maximum Gasteiger partial charge on any atom is 0.0925 e. The molecule has 0 aromatic carbocycles. The first kappa shape index (κ1) is 11.0. The minimum atomic E-state index is 0.893. The third-order valence-electron chi connectivity index (χ3n) is 2.43. The molecule has 14 heavy (non-hydrogen) atoms. The van der Waals surface area contributed by atoms with Crippen LogP contribution in [0.2, 0.25) is 0 Å². The lowest BCUT2D eigenvalue weighted by atomic mass is 10.0. The van der Waals surface area contributed by atoms with E-state index in [1.54, 1.807) is 0 Å². The summed E-state index contributed by atoms with van der Waals surface area (Å²) in [5.74, 6) is 0. The highest BCUT2D eigenvalue weighted by molar-refractivity contribution is 5.53. The van der Waals surface area contributed by atoms with Gasteiger partial charge in [-0.05, 0) is 30.9 Å². The Balaban J connectivity index is 3.05. The normalized spacial score (nSPS) is 10.5. The highest BCUT2D eigenvalue weighted by atomic mass is 14.7. The average Bonchev–Trinajstić information content (AvgIpc) is 2.17. The number of pyridine rings is 1. The Hall–Kier alpha value is -1.05. The number of nitrogen functional groups attached to an aromatic ring is 1. The summed E-state index contributed by atoms with van der Waals surface area (Å²) in [7, 11) is 0. The van der Waals surface area contributed by atoms with Crippen LogP contribution in [0.3, 0.4) is 0 Å². The van der Waals surface area contributed by atoms with Gasteiger partial charge in [-0.3, -0.25) is 0 Å². The van der Waals surface area contributed by atoms with Gasteiger partial charge in [-0.15, -0.1) is 0 Å². The molecule has 2 N–H and O–H groups in total. The van der Waals surface area contributed by atoms with Crippen LogP contribution in [0, 0.1) is 13.1 Å². The van der Waals surface area contributed by atoms with Gasteiger partial charge in [0.1, 0.15) is 0 Å². The molecule has 2 heteroatoms. The number of hydrogen-bond acceptors (Lipinski definition) is 2. The van der Waals surface area contributed by atoms with Crippen molar-refractivity contribution in [2.45, 2.75) is 46.5 Å². The number of anilines is 1. The smallest absolute Gasteiger partial charge is 0.0925 e. The van der Waals surface area contributed by atoms with Gasteiger partial charge in [0.2, 0.25) is 0 Å². The molecule has 0 amide bonds. The van der Waals surface area contributed by atoms with E-state index in [0.717, 1.165) is 42.6 Å². The first-order valence-corrected chi connectivity index (χ1v) is 5.36. The molecule has 0 aliphatic rings. The maximum atomic E-state index is 6.07. The van der Waals surface area contributed by atoms with E-state index in [2.05, 4.69) is 25.0 Å². The number of aryl methyl sites for hydroxylation is 2. The lowest BCUT2D eigenvalue weighted by Crippen LogP contribution is -2.05. The van der Waals surface area contributed by atoms with Crippen LogP contribution < -0.4 is 5.73 Å². The topological polar surface area (TPSA) is 38.9 Å². The molecule has 0 atom stereocenters. The molecule has 1 heterocycles. The zero-order valence-electron chi connectivity index (χ0n) is 9.35. The zero-order chi connectivity index (χ0) is 10.6. The highest BCUT2D eigenvalue weighted by Gasteiger charge is 2.08. The van der Waals surface area contributed by atoms with E-state index < -0.39 is 0 Å². The van der Waals surface area contributed by atoms with Crippen LogP contribution in [0.1, 0.15) is 43.5 Å². The summed E-state index contributed by atoms with van der Waals surface area (Å²) in [6.07, 6.45) is 7.24. The summed E-state index contributed by atoms with van der Waals surface area (Å²) in [5.41, 5.74) is 10.3. The monoisotopic (exact) mass is 191 g/mol. The van der Waals surface area contributed by atoms with Crippen molar-refractivity contribution in [3.63, 3.8) is 0 Å². The van der Waals surface area contributed by atoms with Gasteiger partial charge in [-0.2, -0.15) is 0 Å². The first-order valence-electron chi connectivity index (χ1n) is 5.36. The van der Waals surface area contributed by atoms with Gasteiger partial charge in [0.15, 0.2) is 0 Å². The molecule has 0 aliphatic heterocycles. The molecule has 0 saturated carbocycles. The molecule has 0 spiro atoms. The first-order chi connectivity index (χ1) is 6.70. The van der Waals surface area contributed by atoms with E-state index in [4.69, 9.17) is 5.73 Å². The Kier molecular flexibility index (Phi) is 3.93. The lowest BCUT2D eigenvalue weighted by molar-refractivity contribution is 0.859. The van der Waals surface area contributed by atoms with Crippen LogP contribution in [0.15, 0.2) is 0 Å². The van der Waals surface area contributed by atoms with Crippen molar-refractivity contribution in [3.8, 4) is 0 Å². The van der Waals surface area contributed by atoms with Crippen molar-refractivity contribution in [2.75, 3.05) is 5.73 Å². The molecule has 0 saturated heterocycles. The molecule has 0 bridgehead atoms. The van der Waals surface area contributed by atoms with Gasteiger partial charge in [-0.25, -0.2) is 4.98 Å². The van der Waals surface area contributed by atoms with Gasteiger partial charge in [0.05, 0.1) is 17.6 Å². The van der Waals surface area contributed by atoms with Crippen molar-refractivity contribution in [1.29, 1.82) is 0 Å². The van der Waals surface area contributed by atoms with E-state index in [1.807, 2.05) is 6.92 Å². The molecule has 1 aromatic heterocycles. The Morgan fingerprint density at radius 2 is 1.86 bits per heavy atom. The van der Waals surface area contributed by atoms with Gasteiger partial charge < -0.3 is 5.73 Å². The van der Waals surface area contributed by atoms with Crippen LogP contribution in [-0.4, -0.2) is 4.98 Å². The Bertz CT molecular complexity index is 305. The summed E-state index contributed by atoms with van der Waals surface area (Å²) in [6.45, 7) is 6.34. The van der Waals surface area contributed by atoms with Gasteiger partial charge in [0, 0.05) is 0 Å². The van der Waals surface area contributed by atoms with E-state index in [-0.39, 0.29) is 0 Å². The molecule has 0 fully saturated rings. The van der Waals surface area contributed by atoms with Crippen LogP contribution in [0.25, 0.3) is 0 Å². The second-order valence-electron chi connectivity index (χ2n) is 3.69. The lowest BCUT2D eigenvalue weighted by Gasteiger charge is -2.11. The van der Waals surface area contributed by atoms with E-state index in [1.165, 1.54) is 5.56 Å². The number of rotatable bonds is 4. The molecular weight excluding hydrogens is 172 g/mol. The van der Waals surface area contributed by atoms with Crippen LogP contribution in [0.5, 0.6) is 0 Å². The fraction of sp³-hybridized carbons (Fsp3) is 0.583. The van der Waals surface area contributed by atoms with E-state index in [9.17, 15) is 0 Å². The molecule has 0 aliphatic carbocycles. The summed E-state index contributed by atoms with van der Waals surface area (Å²) in [4.78, 5) is 4.26. The van der Waals surface area contributed by atoms with Crippen LogP contribution in [-0.2, 0) is 12.8 Å². The van der Waals surface area contributed by atoms with Gasteiger partial charge in [0.25, 0.3) is 0 Å². The maximum absolute atomic E-state index is 6.07. The largest absolute Gasteiger partial charge is 0.397 e. The fourth-order valence-corrected chi connectivity index (χ4v) is 1.65.